The Morgan fingerprint density at radius 2 is 1.67 bits per heavy atom. The van der Waals surface area contributed by atoms with Gasteiger partial charge in [-0.3, -0.25) is 14.9 Å². The lowest BCUT2D eigenvalue weighted by Crippen LogP contribution is -2.46. The van der Waals surface area contributed by atoms with Crippen LogP contribution in [-0.4, -0.2) is 16.9 Å². The largest absolute Gasteiger partial charge is 0.327 e. The Kier molecular flexibility index (Phi) is 5.60. The number of nitrogens with zero attached hydrogens (tertiary/aromatic N) is 1. The quantitative estimate of drug-likeness (QED) is 0.521. The highest BCUT2D eigenvalue weighted by Gasteiger charge is 2.31. The summed E-state index contributed by atoms with van der Waals surface area (Å²) in [5.41, 5.74) is 3.09. The topological polar surface area (TPSA) is 113 Å². The van der Waals surface area contributed by atoms with Crippen molar-refractivity contribution in [1.82, 2.24) is 10.6 Å². The first-order valence-corrected chi connectivity index (χ1v) is 9.51. The minimum Gasteiger partial charge on any atom is -0.327 e. The number of hydrogen-bond acceptors (Lipinski definition) is 4. The first-order chi connectivity index (χ1) is 14.1. The van der Waals surface area contributed by atoms with Crippen molar-refractivity contribution in [3.05, 3.63) is 81.0 Å². The highest BCUT2D eigenvalue weighted by molar-refractivity contribution is 6.06. The zero-order chi connectivity index (χ0) is 22.1. The predicted molar refractivity (Wildman–Crippen MR) is 114 cm³/mol. The molecule has 3 N–H and O–H groups in total. The molecule has 0 radical (unpaired) electrons. The summed E-state index contributed by atoms with van der Waals surface area (Å²) in [6.45, 7) is 8.00. The Morgan fingerprint density at radius 3 is 2.20 bits per heavy atom. The maximum atomic E-state index is 13.0. The van der Waals surface area contributed by atoms with Gasteiger partial charge in [0.2, 0.25) is 0 Å². The third-order valence-corrected chi connectivity index (χ3v) is 4.96. The van der Waals surface area contributed by atoms with E-state index in [9.17, 15) is 19.7 Å². The van der Waals surface area contributed by atoms with Crippen molar-refractivity contribution in [2.75, 3.05) is 5.32 Å². The van der Waals surface area contributed by atoms with E-state index in [1.54, 1.807) is 6.92 Å². The van der Waals surface area contributed by atoms with Crippen molar-refractivity contribution in [2.24, 2.45) is 0 Å². The average Bonchev–Trinajstić information content (AvgIpc) is 2.67. The summed E-state index contributed by atoms with van der Waals surface area (Å²) >= 11 is 0. The molecule has 0 aromatic heterocycles. The Hall–Kier alpha value is -3.68. The van der Waals surface area contributed by atoms with E-state index in [0.29, 0.717) is 17.0 Å². The van der Waals surface area contributed by atoms with Crippen LogP contribution in [0.2, 0.25) is 0 Å². The van der Waals surface area contributed by atoms with E-state index < -0.39 is 16.9 Å². The molecule has 156 valence electrons. The molecule has 8 nitrogen and oxygen atoms in total. The highest BCUT2D eigenvalue weighted by atomic mass is 16.6. The van der Waals surface area contributed by atoms with Gasteiger partial charge in [0, 0.05) is 23.5 Å². The summed E-state index contributed by atoms with van der Waals surface area (Å²) in [6.07, 6.45) is 0. The Balaban J connectivity index is 1.89. The number of nitro groups is 1. The molecule has 0 saturated heterocycles. The molecule has 8 heteroatoms. The first-order valence-electron chi connectivity index (χ1n) is 9.51. The molecule has 1 atom stereocenters. The molecule has 0 bridgehead atoms. The van der Waals surface area contributed by atoms with Gasteiger partial charge in [0.15, 0.2) is 0 Å². The molecule has 2 aromatic rings. The smallest absolute Gasteiger partial charge is 0.319 e. The zero-order valence-electron chi connectivity index (χ0n) is 17.3. The third-order valence-electron chi connectivity index (χ3n) is 4.96. The number of anilines is 1. The molecule has 0 aliphatic carbocycles. The summed E-state index contributed by atoms with van der Waals surface area (Å²) in [5, 5.41) is 19.0. The second kappa shape index (κ2) is 7.98. The van der Waals surface area contributed by atoms with Gasteiger partial charge in [0.05, 0.1) is 16.5 Å². The molecule has 1 aliphatic heterocycles. The van der Waals surface area contributed by atoms with E-state index in [1.165, 1.54) is 24.3 Å². The number of benzene rings is 2. The molecule has 3 amide bonds. The van der Waals surface area contributed by atoms with Crippen LogP contribution in [0.15, 0.2) is 59.8 Å². The van der Waals surface area contributed by atoms with E-state index in [4.69, 9.17) is 0 Å². The molecule has 0 spiro atoms. The fourth-order valence-electron chi connectivity index (χ4n) is 3.29. The lowest BCUT2D eigenvalue weighted by Gasteiger charge is -2.29. The number of nitro benzene ring substituents is 1. The summed E-state index contributed by atoms with van der Waals surface area (Å²) in [4.78, 5) is 35.4. The SMILES string of the molecule is CC1=C(C(=O)Nc2ccc([N+](=O)[O-])cc2)[C@@H](c2ccc(C(C)(C)C)cc2)NC(=O)N1. The average molecular weight is 408 g/mol. The second-order valence-corrected chi connectivity index (χ2v) is 8.20. The monoisotopic (exact) mass is 408 g/mol. The molecular weight excluding hydrogens is 384 g/mol. The summed E-state index contributed by atoms with van der Waals surface area (Å²) in [5.74, 6) is -0.404. The highest BCUT2D eigenvalue weighted by Crippen LogP contribution is 2.30. The predicted octanol–water partition coefficient (Wildman–Crippen LogP) is 4.16. The van der Waals surface area contributed by atoms with E-state index in [2.05, 4.69) is 36.7 Å². The fourth-order valence-corrected chi connectivity index (χ4v) is 3.29. The van der Waals surface area contributed by atoms with E-state index >= 15 is 0 Å². The van der Waals surface area contributed by atoms with Gasteiger partial charge in [0.25, 0.3) is 11.6 Å². The first kappa shape index (κ1) is 21.0. The van der Waals surface area contributed by atoms with Crippen molar-refractivity contribution in [2.45, 2.75) is 39.2 Å². The van der Waals surface area contributed by atoms with Gasteiger partial charge in [-0.05, 0) is 35.6 Å². The molecule has 1 aliphatic rings. The Labute approximate surface area is 174 Å². The molecule has 3 rings (SSSR count). The number of carbonyl (C=O) groups is 2. The van der Waals surface area contributed by atoms with Crippen LogP contribution in [-0.2, 0) is 10.2 Å². The van der Waals surface area contributed by atoms with Crippen molar-refractivity contribution in [3.63, 3.8) is 0 Å². The standard InChI is InChI=1S/C22H24N4O4/c1-13-18(20(27)24-16-9-11-17(12-10-16)26(29)30)19(25-21(28)23-13)14-5-7-15(8-6-14)22(2,3)4/h5-12,19H,1-4H3,(H,24,27)(H2,23,25,28)/t19-/m1/s1. The van der Waals surface area contributed by atoms with Crippen molar-refractivity contribution in [3.8, 4) is 0 Å². The summed E-state index contributed by atoms with van der Waals surface area (Å²) < 4.78 is 0. The van der Waals surface area contributed by atoms with Gasteiger partial charge in [-0.15, -0.1) is 0 Å². The molecule has 0 saturated carbocycles. The van der Waals surface area contributed by atoms with E-state index in [1.807, 2.05) is 24.3 Å². The van der Waals surface area contributed by atoms with Crippen LogP contribution in [0.1, 0.15) is 44.9 Å². The lowest BCUT2D eigenvalue weighted by molar-refractivity contribution is -0.384. The normalized spacial score (nSPS) is 16.5. The van der Waals surface area contributed by atoms with Crippen molar-refractivity contribution >= 4 is 23.3 Å². The van der Waals surface area contributed by atoms with Crippen LogP contribution in [0.3, 0.4) is 0 Å². The van der Waals surface area contributed by atoms with Crippen LogP contribution >= 0.6 is 0 Å². The van der Waals surface area contributed by atoms with Gasteiger partial charge < -0.3 is 16.0 Å². The lowest BCUT2D eigenvalue weighted by atomic mass is 9.85. The molecule has 2 aromatic carbocycles. The summed E-state index contributed by atoms with van der Waals surface area (Å²) in [7, 11) is 0. The number of hydrogen-bond donors (Lipinski definition) is 3. The van der Waals surface area contributed by atoms with Crippen LogP contribution in [0.25, 0.3) is 0 Å². The number of carbonyl (C=O) groups excluding carboxylic acids is 2. The minimum absolute atomic E-state index is 0.0161. The minimum atomic E-state index is -0.620. The maximum Gasteiger partial charge on any atom is 0.319 e. The van der Waals surface area contributed by atoms with Gasteiger partial charge >= 0.3 is 6.03 Å². The van der Waals surface area contributed by atoms with Crippen molar-refractivity contribution < 1.29 is 14.5 Å². The van der Waals surface area contributed by atoms with Gasteiger partial charge in [0.1, 0.15) is 0 Å². The van der Waals surface area contributed by atoms with Crippen LogP contribution in [0, 0.1) is 10.1 Å². The number of rotatable bonds is 4. The van der Waals surface area contributed by atoms with Crippen LogP contribution in [0.4, 0.5) is 16.2 Å². The number of non-ortho nitro benzene ring substituents is 1. The van der Waals surface area contributed by atoms with E-state index in [-0.39, 0.29) is 17.1 Å². The van der Waals surface area contributed by atoms with Crippen LogP contribution in [0.5, 0.6) is 0 Å². The number of amides is 3. The Morgan fingerprint density at radius 1 is 1.07 bits per heavy atom. The third kappa shape index (κ3) is 4.48. The van der Waals surface area contributed by atoms with Crippen molar-refractivity contribution in [1.29, 1.82) is 0 Å². The maximum absolute atomic E-state index is 13.0. The molecule has 0 fully saturated rings. The molecule has 1 heterocycles. The van der Waals surface area contributed by atoms with Crippen LogP contribution < -0.4 is 16.0 Å². The number of allylic oxidation sites excluding steroid dienone is 1. The fraction of sp³-hybridized carbons (Fsp3) is 0.273. The Bertz CT molecular complexity index is 1020. The van der Waals surface area contributed by atoms with Gasteiger partial charge in [-0.25, -0.2) is 4.79 Å². The second-order valence-electron chi connectivity index (χ2n) is 8.20. The zero-order valence-corrected chi connectivity index (χ0v) is 17.3. The number of urea groups is 1. The van der Waals surface area contributed by atoms with Gasteiger partial charge in [-0.1, -0.05) is 45.0 Å². The molecule has 30 heavy (non-hydrogen) atoms. The number of nitrogens with one attached hydrogen (secondary N) is 3. The molecule has 0 unspecified atom stereocenters. The molecular formula is C22H24N4O4. The van der Waals surface area contributed by atoms with Gasteiger partial charge in [-0.2, -0.15) is 0 Å². The summed E-state index contributed by atoms with van der Waals surface area (Å²) in [6, 6.07) is 12.4. The van der Waals surface area contributed by atoms with E-state index in [0.717, 1.165) is 11.1 Å².